The van der Waals surface area contributed by atoms with Crippen LogP contribution < -0.4 is 0 Å². The average molecular weight is 344 g/mol. The molecule has 0 radical (unpaired) electrons. The van der Waals surface area contributed by atoms with Crippen molar-refractivity contribution in [2.24, 2.45) is 0 Å². The minimum atomic E-state index is 0.725. The van der Waals surface area contributed by atoms with E-state index in [9.17, 15) is 0 Å². The molecule has 0 unspecified atom stereocenters. The van der Waals surface area contributed by atoms with Crippen LogP contribution >= 0.6 is 0 Å². The van der Waals surface area contributed by atoms with Crippen molar-refractivity contribution in [1.29, 1.82) is 0 Å². The average Bonchev–Trinajstić information content (AvgIpc) is 2.70. The molecule has 1 aromatic carbocycles. The zero-order valence-corrected chi connectivity index (χ0v) is 15.4. The molecule has 0 bridgehead atoms. The lowest BCUT2D eigenvalue weighted by Gasteiger charge is -2.04. The highest BCUT2D eigenvalue weighted by Crippen LogP contribution is 2.20. The first kappa shape index (κ1) is 17.9. The Balaban J connectivity index is 1.72. The Bertz CT molecular complexity index is 835. The molecular weight excluding hydrogens is 320 g/mol. The molecule has 2 heterocycles. The van der Waals surface area contributed by atoms with E-state index in [4.69, 9.17) is 0 Å². The van der Waals surface area contributed by atoms with Crippen molar-refractivity contribution in [3.8, 4) is 22.8 Å². The standard InChI is InChI=1S/C22H24N4/c1-3-5-6-8-18-15-25-22(26-16-18)20-11-9-19(10-12-20)21-23-13-17(7-4-2)14-24-21/h6,8-16H,3-5,7H2,1-2H3. The van der Waals surface area contributed by atoms with Gasteiger partial charge in [0.25, 0.3) is 0 Å². The fourth-order valence-electron chi connectivity index (χ4n) is 2.65. The maximum atomic E-state index is 4.47. The summed E-state index contributed by atoms with van der Waals surface area (Å²) in [6, 6.07) is 8.06. The molecule has 4 heteroatoms. The SMILES string of the molecule is CCCC=Cc1cnc(-c2ccc(-c3ncc(CCC)cn3)cc2)nc1. The van der Waals surface area contributed by atoms with Gasteiger partial charge in [0.1, 0.15) is 0 Å². The van der Waals surface area contributed by atoms with E-state index in [0.717, 1.165) is 54.0 Å². The zero-order chi connectivity index (χ0) is 18.2. The lowest BCUT2D eigenvalue weighted by Crippen LogP contribution is -1.93. The molecule has 3 rings (SSSR count). The van der Waals surface area contributed by atoms with Crippen molar-refractivity contribution >= 4 is 6.08 Å². The zero-order valence-electron chi connectivity index (χ0n) is 15.4. The molecule has 0 aliphatic carbocycles. The summed E-state index contributed by atoms with van der Waals surface area (Å²) in [6.45, 7) is 4.32. The smallest absolute Gasteiger partial charge is 0.159 e. The van der Waals surface area contributed by atoms with Gasteiger partial charge in [0.2, 0.25) is 0 Å². The maximum absolute atomic E-state index is 4.47. The van der Waals surface area contributed by atoms with Crippen LogP contribution in [-0.4, -0.2) is 19.9 Å². The first-order chi connectivity index (χ1) is 12.8. The molecule has 0 amide bonds. The molecule has 0 atom stereocenters. The second-order valence-corrected chi connectivity index (χ2v) is 6.27. The van der Waals surface area contributed by atoms with Crippen LogP contribution in [0, 0.1) is 0 Å². The summed E-state index contributed by atoms with van der Waals surface area (Å²) in [4.78, 5) is 17.9. The molecule has 0 spiro atoms. The highest BCUT2D eigenvalue weighted by Gasteiger charge is 2.05. The minimum Gasteiger partial charge on any atom is -0.236 e. The van der Waals surface area contributed by atoms with E-state index in [1.165, 1.54) is 5.56 Å². The summed E-state index contributed by atoms with van der Waals surface area (Å²) in [5, 5.41) is 0. The summed E-state index contributed by atoms with van der Waals surface area (Å²) < 4.78 is 0. The Morgan fingerprint density at radius 3 is 1.77 bits per heavy atom. The Morgan fingerprint density at radius 2 is 1.27 bits per heavy atom. The molecular formula is C22H24N4. The molecule has 0 fully saturated rings. The highest BCUT2D eigenvalue weighted by atomic mass is 14.9. The number of allylic oxidation sites excluding steroid dienone is 1. The lowest BCUT2D eigenvalue weighted by atomic mass is 10.1. The van der Waals surface area contributed by atoms with Crippen molar-refractivity contribution in [1.82, 2.24) is 19.9 Å². The highest BCUT2D eigenvalue weighted by molar-refractivity contribution is 5.63. The number of aryl methyl sites for hydroxylation is 1. The van der Waals surface area contributed by atoms with Gasteiger partial charge in [-0.1, -0.05) is 63.1 Å². The van der Waals surface area contributed by atoms with Gasteiger partial charge < -0.3 is 0 Å². The van der Waals surface area contributed by atoms with E-state index in [1.54, 1.807) is 0 Å². The summed E-state index contributed by atoms with van der Waals surface area (Å²) in [5.41, 5.74) is 4.19. The fourth-order valence-corrected chi connectivity index (χ4v) is 2.65. The van der Waals surface area contributed by atoms with Crippen molar-refractivity contribution < 1.29 is 0 Å². The molecule has 0 N–H and O–H groups in total. The summed E-state index contributed by atoms with van der Waals surface area (Å²) in [6.07, 6.45) is 16.1. The Morgan fingerprint density at radius 1 is 0.731 bits per heavy atom. The Kier molecular flexibility index (Phi) is 6.20. The van der Waals surface area contributed by atoms with Crippen LogP contribution in [0.25, 0.3) is 28.9 Å². The number of hydrogen-bond donors (Lipinski definition) is 0. The molecule has 26 heavy (non-hydrogen) atoms. The number of hydrogen-bond acceptors (Lipinski definition) is 4. The quantitative estimate of drug-likeness (QED) is 0.578. The van der Waals surface area contributed by atoms with Gasteiger partial charge in [0.15, 0.2) is 11.6 Å². The Labute approximate surface area is 155 Å². The summed E-state index contributed by atoms with van der Waals surface area (Å²) >= 11 is 0. The lowest BCUT2D eigenvalue weighted by molar-refractivity contribution is 0.902. The molecule has 0 saturated carbocycles. The van der Waals surface area contributed by atoms with Gasteiger partial charge in [-0.2, -0.15) is 0 Å². The van der Waals surface area contributed by atoms with E-state index in [0.29, 0.717) is 0 Å². The third-order valence-corrected chi connectivity index (χ3v) is 4.08. The van der Waals surface area contributed by atoms with Crippen LogP contribution in [0.5, 0.6) is 0 Å². The van der Waals surface area contributed by atoms with Gasteiger partial charge in [-0.25, -0.2) is 19.9 Å². The second-order valence-electron chi connectivity index (χ2n) is 6.27. The van der Waals surface area contributed by atoms with Gasteiger partial charge in [-0.3, -0.25) is 0 Å². The first-order valence-corrected chi connectivity index (χ1v) is 9.20. The normalized spacial score (nSPS) is 11.2. The largest absolute Gasteiger partial charge is 0.236 e. The Hall–Kier alpha value is -2.88. The predicted molar refractivity (Wildman–Crippen MR) is 106 cm³/mol. The molecule has 4 nitrogen and oxygen atoms in total. The van der Waals surface area contributed by atoms with Crippen LogP contribution in [0.3, 0.4) is 0 Å². The van der Waals surface area contributed by atoms with Crippen LogP contribution in [0.2, 0.25) is 0 Å². The molecule has 132 valence electrons. The third-order valence-electron chi connectivity index (χ3n) is 4.08. The number of aromatic nitrogens is 4. The van der Waals surface area contributed by atoms with Crippen molar-refractivity contribution in [2.45, 2.75) is 39.5 Å². The van der Waals surface area contributed by atoms with Crippen LogP contribution in [0.15, 0.2) is 55.1 Å². The van der Waals surface area contributed by atoms with Gasteiger partial charge in [-0.15, -0.1) is 0 Å². The molecule has 0 saturated heterocycles. The molecule has 0 aliphatic heterocycles. The topological polar surface area (TPSA) is 51.6 Å². The van der Waals surface area contributed by atoms with Gasteiger partial charge in [-0.05, 0) is 18.4 Å². The van der Waals surface area contributed by atoms with Gasteiger partial charge in [0, 0.05) is 41.5 Å². The van der Waals surface area contributed by atoms with E-state index >= 15 is 0 Å². The molecule has 3 aromatic rings. The number of benzene rings is 1. The summed E-state index contributed by atoms with van der Waals surface area (Å²) in [7, 11) is 0. The predicted octanol–water partition coefficient (Wildman–Crippen LogP) is 5.37. The molecule has 2 aromatic heterocycles. The van der Waals surface area contributed by atoms with Crippen molar-refractivity contribution in [2.75, 3.05) is 0 Å². The monoisotopic (exact) mass is 344 g/mol. The van der Waals surface area contributed by atoms with Crippen molar-refractivity contribution in [3.05, 3.63) is 66.3 Å². The maximum Gasteiger partial charge on any atom is 0.159 e. The number of unbranched alkanes of at least 4 members (excludes halogenated alkanes) is 1. The van der Waals surface area contributed by atoms with Crippen LogP contribution in [-0.2, 0) is 6.42 Å². The van der Waals surface area contributed by atoms with Gasteiger partial charge >= 0.3 is 0 Å². The van der Waals surface area contributed by atoms with Crippen LogP contribution in [0.1, 0.15) is 44.2 Å². The van der Waals surface area contributed by atoms with E-state index in [-0.39, 0.29) is 0 Å². The van der Waals surface area contributed by atoms with E-state index in [1.807, 2.05) is 49.1 Å². The van der Waals surface area contributed by atoms with E-state index in [2.05, 4.69) is 45.9 Å². The minimum absolute atomic E-state index is 0.725. The number of nitrogens with zero attached hydrogens (tertiary/aromatic N) is 4. The number of rotatable bonds is 7. The van der Waals surface area contributed by atoms with Crippen molar-refractivity contribution in [3.63, 3.8) is 0 Å². The second kappa shape index (κ2) is 8.99. The molecule has 0 aliphatic rings. The van der Waals surface area contributed by atoms with Gasteiger partial charge in [0.05, 0.1) is 0 Å². The van der Waals surface area contributed by atoms with Crippen LogP contribution in [0.4, 0.5) is 0 Å². The fraction of sp³-hybridized carbons (Fsp3) is 0.273. The first-order valence-electron chi connectivity index (χ1n) is 9.20. The summed E-state index contributed by atoms with van der Waals surface area (Å²) in [5.74, 6) is 1.47. The third kappa shape index (κ3) is 4.60. The van der Waals surface area contributed by atoms with E-state index < -0.39 is 0 Å².